The van der Waals surface area contributed by atoms with Gasteiger partial charge in [0.1, 0.15) is 6.04 Å². The molecule has 0 fully saturated rings. The van der Waals surface area contributed by atoms with Gasteiger partial charge in [0.2, 0.25) is 5.91 Å². The van der Waals surface area contributed by atoms with Crippen LogP contribution in [0.2, 0.25) is 0 Å². The van der Waals surface area contributed by atoms with E-state index in [1.807, 2.05) is 12.1 Å². The molecule has 0 aliphatic carbocycles. The van der Waals surface area contributed by atoms with Gasteiger partial charge >= 0.3 is 0 Å². The molecule has 5 heteroatoms. The summed E-state index contributed by atoms with van der Waals surface area (Å²) in [4.78, 5) is 23.5. The van der Waals surface area contributed by atoms with Gasteiger partial charge in [-0.25, -0.2) is 0 Å². The van der Waals surface area contributed by atoms with Gasteiger partial charge in [0, 0.05) is 19.3 Å². The minimum Gasteiger partial charge on any atom is -0.384 e. The highest BCUT2D eigenvalue weighted by molar-refractivity contribution is 6.01. The first-order valence-corrected chi connectivity index (χ1v) is 6.45. The Morgan fingerprint density at radius 2 is 1.95 bits per heavy atom. The fourth-order valence-corrected chi connectivity index (χ4v) is 1.65. The van der Waals surface area contributed by atoms with Crippen molar-refractivity contribution < 1.29 is 9.59 Å². The Kier molecular flexibility index (Phi) is 5.85. The Balaban J connectivity index is 2.78. The molecule has 2 amide bonds. The van der Waals surface area contributed by atoms with Crippen LogP contribution in [0.4, 0.5) is 5.69 Å². The highest BCUT2D eigenvalue weighted by Crippen LogP contribution is 2.15. The number of likely N-dealkylation sites (N-methyl/N-ethyl adjacent to an activating group) is 1. The van der Waals surface area contributed by atoms with Crippen LogP contribution in [0.15, 0.2) is 24.3 Å². The Morgan fingerprint density at radius 3 is 2.58 bits per heavy atom. The molecular formula is C14H21N3O2. The van der Waals surface area contributed by atoms with Gasteiger partial charge < -0.3 is 16.0 Å². The fourth-order valence-electron chi connectivity index (χ4n) is 1.65. The summed E-state index contributed by atoms with van der Waals surface area (Å²) in [5.41, 5.74) is 1.33. The fraction of sp³-hybridized carbons (Fsp3) is 0.429. The van der Waals surface area contributed by atoms with E-state index in [1.165, 1.54) is 0 Å². The van der Waals surface area contributed by atoms with E-state index in [1.54, 1.807) is 26.1 Å². The predicted molar refractivity (Wildman–Crippen MR) is 76.2 cm³/mol. The first kappa shape index (κ1) is 15.0. The summed E-state index contributed by atoms with van der Waals surface area (Å²) < 4.78 is 0. The summed E-state index contributed by atoms with van der Waals surface area (Å²) in [5.74, 6) is -0.470. The van der Waals surface area contributed by atoms with Crippen molar-refractivity contribution in [1.29, 1.82) is 0 Å². The monoisotopic (exact) mass is 263 g/mol. The van der Waals surface area contributed by atoms with Crippen LogP contribution >= 0.6 is 0 Å². The Bertz CT molecular complexity index is 446. The molecule has 0 spiro atoms. The van der Waals surface area contributed by atoms with E-state index in [-0.39, 0.29) is 11.8 Å². The summed E-state index contributed by atoms with van der Waals surface area (Å²) >= 11 is 0. The predicted octanol–water partition coefficient (Wildman–Crippen LogP) is 1.37. The van der Waals surface area contributed by atoms with Crippen molar-refractivity contribution in [3.05, 3.63) is 29.8 Å². The van der Waals surface area contributed by atoms with Crippen LogP contribution in [0, 0.1) is 0 Å². The van der Waals surface area contributed by atoms with Crippen LogP contribution in [-0.2, 0) is 4.79 Å². The molecule has 0 aliphatic heterocycles. The van der Waals surface area contributed by atoms with Gasteiger partial charge in [-0.2, -0.15) is 0 Å². The third-order valence-electron chi connectivity index (χ3n) is 2.72. The minimum absolute atomic E-state index is 0.215. The smallest absolute Gasteiger partial charge is 0.254 e. The van der Waals surface area contributed by atoms with Crippen molar-refractivity contribution in [1.82, 2.24) is 10.6 Å². The number of hydrogen-bond donors (Lipinski definition) is 3. The van der Waals surface area contributed by atoms with Gasteiger partial charge in [0.25, 0.3) is 5.91 Å². The lowest BCUT2D eigenvalue weighted by Gasteiger charge is -2.15. The summed E-state index contributed by atoms with van der Waals surface area (Å²) in [6.07, 6.45) is 0.977. The van der Waals surface area contributed by atoms with Crippen LogP contribution in [0.3, 0.4) is 0 Å². The van der Waals surface area contributed by atoms with E-state index in [4.69, 9.17) is 0 Å². The van der Waals surface area contributed by atoms with Gasteiger partial charge in [-0.3, -0.25) is 9.59 Å². The van der Waals surface area contributed by atoms with Crippen LogP contribution in [-0.4, -0.2) is 31.4 Å². The van der Waals surface area contributed by atoms with Crippen molar-refractivity contribution in [2.45, 2.75) is 26.3 Å². The Labute approximate surface area is 113 Å². The normalized spacial score (nSPS) is 11.5. The number of hydrogen-bond acceptors (Lipinski definition) is 3. The molecule has 0 saturated heterocycles. The van der Waals surface area contributed by atoms with Crippen molar-refractivity contribution in [3.8, 4) is 0 Å². The van der Waals surface area contributed by atoms with Gasteiger partial charge in [-0.1, -0.05) is 19.1 Å². The molecule has 0 radical (unpaired) electrons. The van der Waals surface area contributed by atoms with E-state index < -0.39 is 6.04 Å². The van der Waals surface area contributed by atoms with Crippen molar-refractivity contribution in [2.75, 3.05) is 18.9 Å². The van der Waals surface area contributed by atoms with Crippen LogP contribution in [0.1, 0.15) is 30.6 Å². The molecule has 1 unspecified atom stereocenters. The third kappa shape index (κ3) is 4.28. The maximum atomic E-state index is 12.1. The zero-order chi connectivity index (χ0) is 14.3. The van der Waals surface area contributed by atoms with Crippen LogP contribution in [0.5, 0.6) is 0 Å². The van der Waals surface area contributed by atoms with Crippen molar-refractivity contribution in [2.24, 2.45) is 0 Å². The highest BCUT2D eigenvalue weighted by Gasteiger charge is 2.17. The molecule has 19 heavy (non-hydrogen) atoms. The van der Waals surface area contributed by atoms with Crippen LogP contribution in [0.25, 0.3) is 0 Å². The summed E-state index contributed by atoms with van der Waals surface area (Å²) in [7, 11) is 1.54. The van der Waals surface area contributed by atoms with Gasteiger partial charge in [-0.05, 0) is 25.5 Å². The number of carbonyl (C=O) groups excluding carboxylic acids is 2. The van der Waals surface area contributed by atoms with E-state index in [9.17, 15) is 9.59 Å². The standard InChI is InChI=1S/C14H21N3O2/c1-4-9-16-12-8-6-5-7-11(12)14(19)17-10(2)13(18)15-3/h5-8,10,16H,4,9H2,1-3H3,(H,15,18)(H,17,19). The second kappa shape index (κ2) is 7.41. The second-order valence-corrected chi connectivity index (χ2v) is 4.28. The van der Waals surface area contributed by atoms with Crippen LogP contribution < -0.4 is 16.0 Å². The van der Waals surface area contributed by atoms with Gasteiger partial charge in [-0.15, -0.1) is 0 Å². The molecule has 0 bridgehead atoms. The molecular weight excluding hydrogens is 242 g/mol. The van der Waals surface area contributed by atoms with Crippen molar-refractivity contribution in [3.63, 3.8) is 0 Å². The minimum atomic E-state index is -0.559. The molecule has 0 aromatic heterocycles. The highest BCUT2D eigenvalue weighted by atomic mass is 16.2. The lowest BCUT2D eigenvalue weighted by molar-refractivity contribution is -0.122. The zero-order valence-corrected chi connectivity index (χ0v) is 11.6. The number of nitrogens with one attached hydrogen (secondary N) is 3. The quantitative estimate of drug-likeness (QED) is 0.726. The molecule has 1 atom stereocenters. The zero-order valence-electron chi connectivity index (χ0n) is 11.6. The summed E-state index contributed by atoms with van der Waals surface area (Å²) in [5, 5.41) is 8.37. The SMILES string of the molecule is CCCNc1ccccc1C(=O)NC(C)C(=O)NC. The molecule has 1 aromatic carbocycles. The van der Waals surface area contributed by atoms with E-state index in [0.29, 0.717) is 5.56 Å². The number of rotatable bonds is 6. The number of para-hydroxylation sites is 1. The number of benzene rings is 1. The maximum absolute atomic E-state index is 12.1. The van der Waals surface area contributed by atoms with E-state index in [2.05, 4.69) is 22.9 Å². The van der Waals surface area contributed by atoms with Gasteiger partial charge in [0.05, 0.1) is 5.56 Å². The van der Waals surface area contributed by atoms with Crippen molar-refractivity contribution >= 4 is 17.5 Å². The maximum Gasteiger partial charge on any atom is 0.254 e. The van der Waals surface area contributed by atoms with Gasteiger partial charge in [0.15, 0.2) is 0 Å². The van der Waals surface area contributed by atoms with E-state index in [0.717, 1.165) is 18.7 Å². The molecule has 0 aliphatic rings. The first-order valence-electron chi connectivity index (χ1n) is 6.45. The lowest BCUT2D eigenvalue weighted by Crippen LogP contribution is -2.43. The third-order valence-corrected chi connectivity index (χ3v) is 2.72. The molecule has 104 valence electrons. The first-order chi connectivity index (χ1) is 9.10. The Hall–Kier alpha value is -2.04. The number of amides is 2. The topological polar surface area (TPSA) is 70.2 Å². The molecule has 0 saturated carbocycles. The lowest BCUT2D eigenvalue weighted by atomic mass is 10.1. The molecule has 1 aromatic rings. The number of carbonyl (C=O) groups is 2. The molecule has 5 nitrogen and oxygen atoms in total. The van der Waals surface area contributed by atoms with E-state index >= 15 is 0 Å². The average molecular weight is 263 g/mol. The largest absolute Gasteiger partial charge is 0.384 e. The summed E-state index contributed by atoms with van der Waals surface area (Å²) in [6, 6.07) is 6.71. The molecule has 1 rings (SSSR count). The summed E-state index contributed by atoms with van der Waals surface area (Å²) in [6.45, 7) is 4.51. The Morgan fingerprint density at radius 1 is 1.26 bits per heavy atom. The average Bonchev–Trinajstić information content (AvgIpc) is 2.44. The number of anilines is 1. The molecule has 0 heterocycles. The molecule has 3 N–H and O–H groups in total. The second-order valence-electron chi connectivity index (χ2n) is 4.28.